The van der Waals surface area contributed by atoms with Crippen LogP contribution in [0.3, 0.4) is 0 Å². The minimum atomic E-state index is -0.347. The molecule has 0 spiro atoms. The van der Waals surface area contributed by atoms with Gasteiger partial charge in [0, 0.05) is 12.4 Å². The van der Waals surface area contributed by atoms with Crippen molar-refractivity contribution >= 4 is 23.2 Å². The van der Waals surface area contributed by atoms with E-state index in [1.807, 2.05) is 0 Å². The highest BCUT2D eigenvalue weighted by Gasteiger charge is 2.13. The van der Waals surface area contributed by atoms with Crippen LogP contribution in [0.5, 0.6) is 0 Å². The molecule has 3 rings (SSSR count). The van der Waals surface area contributed by atoms with Crippen LogP contribution in [-0.4, -0.2) is 32.2 Å². The van der Waals surface area contributed by atoms with E-state index in [4.69, 9.17) is 0 Å². The first kappa shape index (κ1) is 13.6. The van der Waals surface area contributed by atoms with Gasteiger partial charge in [-0.1, -0.05) is 12.1 Å². The number of aromatic amines is 2. The van der Waals surface area contributed by atoms with Crippen LogP contribution < -0.4 is 10.6 Å². The maximum Gasteiger partial charge on any atom is 0.273 e. The minimum absolute atomic E-state index is 0.328. The SMILES string of the molecule is O=C(Nc1ccccc1NC(=O)c1ccn[nH]1)c1ccn[nH]1. The van der Waals surface area contributed by atoms with Gasteiger partial charge in [-0.05, 0) is 24.3 Å². The molecule has 3 aromatic rings. The van der Waals surface area contributed by atoms with Crippen LogP contribution in [0.4, 0.5) is 11.4 Å². The number of H-pyrrole nitrogens is 2. The smallest absolute Gasteiger partial charge is 0.273 e. The van der Waals surface area contributed by atoms with Crippen molar-refractivity contribution in [2.24, 2.45) is 0 Å². The van der Waals surface area contributed by atoms with Gasteiger partial charge in [0.05, 0.1) is 11.4 Å². The number of rotatable bonds is 4. The van der Waals surface area contributed by atoms with Crippen molar-refractivity contribution in [3.05, 3.63) is 60.2 Å². The molecule has 0 aliphatic heterocycles. The summed E-state index contributed by atoms with van der Waals surface area (Å²) in [6.07, 6.45) is 2.97. The second-order valence-electron chi connectivity index (χ2n) is 4.39. The fraction of sp³-hybridized carbons (Fsp3) is 0. The van der Waals surface area contributed by atoms with E-state index in [0.717, 1.165) is 0 Å². The van der Waals surface area contributed by atoms with Crippen LogP contribution >= 0.6 is 0 Å². The molecule has 8 heteroatoms. The van der Waals surface area contributed by atoms with E-state index in [0.29, 0.717) is 22.8 Å². The number of para-hydroxylation sites is 2. The summed E-state index contributed by atoms with van der Waals surface area (Å²) in [5.41, 5.74) is 1.62. The molecule has 0 unspecified atom stereocenters. The van der Waals surface area contributed by atoms with Crippen LogP contribution in [0.2, 0.25) is 0 Å². The molecule has 0 saturated carbocycles. The van der Waals surface area contributed by atoms with Gasteiger partial charge < -0.3 is 10.6 Å². The molecule has 0 bridgehead atoms. The Morgan fingerprint density at radius 3 is 1.59 bits per heavy atom. The van der Waals surface area contributed by atoms with E-state index in [1.54, 1.807) is 36.4 Å². The average Bonchev–Trinajstić information content (AvgIpc) is 3.23. The molecule has 0 fully saturated rings. The maximum absolute atomic E-state index is 12.0. The number of carbonyl (C=O) groups excluding carboxylic acids is 2. The molecule has 0 saturated heterocycles. The zero-order valence-electron chi connectivity index (χ0n) is 11.3. The summed E-state index contributed by atoms with van der Waals surface area (Å²) >= 11 is 0. The molecule has 0 radical (unpaired) electrons. The molecule has 4 N–H and O–H groups in total. The number of aromatic nitrogens is 4. The summed E-state index contributed by atoms with van der Waals surface area (Å²) in [6, 6.07) is 10.0. The Kier molecular flexibility index (Phi) is 3.65. The zero-order chi connectivity index (χ0) is 15.4. The number of nitrogens with one attached hydrogen (secondary N) is 4. The summed E-state index contributed by atoms with van der Waals surface area (Å²) in [5, 5.41) is 18.0. The van der Waals surface area contributed by atoms with Gasteiger partial charge in [-0.3, -0.25) is 19.8 Å². The lowest BCUT2D eigenvalue weighted by Crippen LogP contribution is -2.17. The minimum Gasteiger partial charge on any atom is -0.319 e. The van der Waals surface area contributed by atoms with Crippen molar-refractivity contribution in [2.45, 2.75) is 0 Å². The van der Waals surface area contributed by atoms with Gasteiger partial charge in [-0.2, -0.15) is 10.2 Å². The van der Waals surface area contributed by atoms with Gasteiger partial charge in [0.25, 0.3) is 11.8 Å². The molecular weight excluding hydrogens is 284 g/mol. The topological polar surface area (TPSA) is 116 Å². The van der Waals surface area contributed by atoms with Crippen LogP contribution in [0, 0.1) is 0 Å². The number of nitrogens with zero attached hydrogens (tertiary/aromatic N) is 2. The lowest BCUT2D eigenvalue weighted by molar-refractivity contribution is 0.101. The Morgan fingerprint density at radius 1 is 0.773 bits per heavy atom. The molecule has 110 valence electrons. The van der Waals surface area contributed by atoms with Crippen molar-refractivity contribution in [3.63, 3.8) is 0 Å². The molecular formula is C14H12N6O2. The third-order valence-electron chi connectivity index (χ3n) is 2.91. The third kappa shape index (κ3) is 2.85. The summed E-state index contributed by atoms with van der Waals surface area (Å²) < 4.78 is 0. The molecule has 0 aliphatic rings. The summed E-state index contributed by atoms with van der Waals surface area (Å²) in [6.45, 7) is 0. The molecule has 2 aromatic heterocycles. The summed E-state index contributed by atoms with van der Waals surface area (Å²) in [4.78, 5) is 24.1. The van der Waals surface area contributed by atoms with Gasteiger partial charge in [0.1, 0.15) is 11.4 Å². The monoisotopic (exact) mass is 296 g/mol. The van der Waals surface area contributed by atoms with Crippen molar-refractivity contribution in [3.8, 4) is 0 Å². The molecule has 0 aliphatic carbocycles. The predicted octanol–water partition coefficient (Wildman–Crippen LogP) is 1.64. The van der Waals surface area contributed by atoms with E-state index in [1.165, 1.54) is 12.4 Å². The average molecular weight is 296 g/mol. The normalized spacial score (nSPS) is 10.2. The Labute approximate surface area is 124 Å². The van der Waals surface area contributed by atoms with E-state index in [2.05, 4.69) is 31.0 Å². The largest absolute Gasteiger partial charge is 0.319 e. The summed E-state index contributed by atoms with van der Waals surface area (Å²) in [5.74, 6) is -0.693. The standard InChI is InChI=1S/C14H12N6O2/c21-13(11-5-7-15-19-11)17-9-3-1-2-4-10(9)18-14(22)12-6-8-16-20-12/h1-8H,(H,15,19)(H,16,20)(H,17,21)(H,18,22). The zero-order valence-corrected chi connectivity index (χ0v) is 11.3. The van der Waals surface area contributed by atoms with E-state index in [9.17, 15) is 9.59 Å². The second kappa shape index (κ2) is 5.92. The Balaban J connectivity index is 1.78. The van der Waals surface area contributed by atoms with Crippen LogP contribution in [-0.2, 0) is 0 Å². The van der Waals surface area contributed by atoms with Gasteiger partial charge in [-0.25, -0.2) is 0 Å². The van der Waals surface area contributed by atoms with Gasteiger partial charge >= 0.3 is 0 Å². The molecule has 0 atom stereocenters. The third-order valence-corrected chi connectivity index (χ3v) is 2.91. The maximum atomic E-state index is 12.0. The van der Waals surface area contributed by atoms with Gasteiger partial charge in [0.2, 0.25) is 0 Å². The number of anilines is 2. The highest BCUT2D eigenvalue weighted by atomic mass is 16.2. The predicted molar refractivity (Wildman–Crippen MR) is 79.5 cm³/mol. The van der Waals surface area contributed by atoms with Crippen molar-refractivity contribution in [2.75, 3.05) is 10.6 Å². The fourth-order valence-corrected chi connectivity index (χ4v) is 1.85. The number of amides is 2. The first-order valence-electron chi connectivity index (χ1n) is 6.44. The molecule has 8 nitrogen and oxygen atoms in total. The van der Waals surface area contributed by atoms with E-state index >= 15 is 0 Å². The number of benzene rings is 1. The number of hydrogen-bond donors (Lipinski definition) is 4. The van der Waals surface area contributed by atoms with E-state index < -0.39 is 0 Å². The van der Waals surface area contributed by atoms with Gasteiger partial charge in [0.15, 0.2) is 0 Å². The first-order valence-corrected chi connectivity index (χ1v) is 6.44. The Morgan fingerprint density at radius 2 is 1.23 bits per heavy atom. The van der Waals surface area contributed by atoms with Crippen LogP contribution in [0.15, 0.2) is 48.8 Å². The van der Waals surface area contributed by atoms with Crippen molar-refractivity contribution in [1.29, 1.82) is 0 Å². The van der Waals surface area contributed by atoms with Crippen LogP contribution in [0.1, 0.15) is 21.0 Å². The van der Waals surface area contributed by atoms with Crippen molar-refractivity contribution < 1.29 is 9.59 Å². The molecule has 1 aromatic carbocycles. The highest BCUT2D eigenvalue weighted by molar-refractivity contribution is 6.08. The number of carbonyl (C=O) groups is 2. The Hall–Kier alpha value is -3.42. The van der Waals surface area contributed by atoms with Crippen molar-refractivity contribution in [1.82, 2.24) is 20.4 Å². The number of hydrogen-bond acceptors (Lipinski definition) is 4. The molecule has 22 heavy (non-hydrogen) atoms. The highest BCUT2D eigenvalue weighted by Crippen LogP contribution is 2.22. The van der Waals surface area contributed by atoms with Gasteiger partial charge in [-0.15, -0.1) is 0 Å². The second-order valence-corrected chi connectivity index (χ2v) is 4.39. The molecule has 2 heterocycles. The first-order chi connectivity index (χ1) is 10.7. The lowest BCUT2D eigenvalue weighted by Gasteiger charge is -2.11. The Bertz CT molecular complexity index is 712. The molecule has 2 amide bonds. The van der Waals surface area contributed by atoms with E-state index in [-0.39, 0.29) is 11.8 Å². The fourth-order valence-electron chi connectivity index (χ4n) is 1.85. The quantitative estimate of drug-likeness (QED) is 0.585. The van der Waals surface area contributed by atoms with Crippen LogP contribution in [0.25, 0.3) is 0 Å². The lowest BCUT2D eigenvalue weighted by atomic mass is 10.2. The summed E-state index contributed by atoms with van der Waals surface area (Å²) in [7, 11) is 0.